The highest BCUT2D eigenvalue weighted by molar-refractivity contribution is 5.41. The van der Waals surface area contributed by atoms with Gasteiger partial charge >= 0.3 is 0 Å². The van der Waals surface area contributed by atoms with Crippen molar-refractivity contribution in [1.82, 2.24) is 5.32 Å². The van der Waals surface area contributed by atoms with Gasteiger partial charge in [0.1, 0.15) is 5.75 Å². The number of phenolic OH excluding ortho intramolecular Hbond substituents is 1. The predicted molar refractivity (Wildman–Crippen MR) is 81.9 cm³/mol. The Balaban J connectivity index is 1.79. The first-order valence-corrected chi connectivity index (χ1v) is 8.38. The Labute approximate surface area is 126 Å². The van der Waals surface area contributed by atoms with Crippen molar-refractivity contribution in [2.75, 3.05) is 13.2 Å². The van der Waals surface area contributed by atoms with Crippen LogP contribution in [0.15, 0.2) is 24.3 Å². The van der Waals surface area contributed by atoms with E-state index in [2.05, 4.69) is 11.4 Å². The number of benzene rings is 1. The van der Waals surface area contributed by atoms with E-state index in [1.807, 2.05) is 18.2 Å². The summed E-state index contributed by atoms with van der Waals surface area (Å²) in [6, 6.07) is 7.82. The molecule has 0 atom stereocenters. The maximum absolute atomic E-state index is 10.5. The summed E-state index contributed by atoms with van der Waals surface area (Å²) in [7, 11) is 0. The first-order valence-electron chi connectivity index (χ1n) is 8.38. The summed E-state index contributed by atoms with van der Waals surface area (Å²) in [5.41, 5.74) is 0.939. The predicted octanol–water partition coefficient (Wildman–Crippen LogP) is 2.63. The van der Waals surface area contributed by atoms with Crippen molar-refractivity contribution in [3.8, 4) is 5.75 Å². The average molecular weight is 287 g/mol. The molecule has 4 aliphatic rings. The van der Waals surface area contributed by atoms with Gasteiger partial charge in [-0.2, -0.15) is 0 Å². The largest absolute Gasteiger partial charge is 0.508 e. The van der Waals surface area contributed by atoms with E-state index in [9.17, 15) is 10.2 Å². The summed E-state index contributed by atoms with van der Waals surface area (Å²) in [4.78, 5) is 0. The van der Waals surface area contributed by atoms with E-state index in [1.54, 1.807) is 0 Å². The van der Waals surface area contributed by atoms with Gasteiger partial charge in [-0.05, 0) is 61.8 Å². The van der Waals surface area contributed by atoms with Crippen molar-refractivity contribution < 1.29 is 10.2 Å². The highest BCUT2D eigenvalue weighted by Crippen LogP contribution is 2.62. The number of rotatable bonds is 4. The molecule has 0 heterocycles. The van der Waals surface area contributed by atoms with Gasteiger partial charge in [0, 0.05) is 12.1 Å². The molecule has 0 amide bonds. The van der Waals surface area contributed by atoms with E-state index in [-0.39, 0.29) is 12.1 Å². The molecule has 4 saturated carbocycles. The lowest BCUT2D eigenvalue weighted by Crippen LogP contribution is -2.63. The number of nitrogens with one attached hydrogen (secondary N) is 1. The zero-order valence-electron chi connectivity index (χ0n) is 12.5. The third-order valence-electron chi connectivity index (χ3n) is 6.31. The fraction of sp³-hybridized carbons (Fsp3) is 0.667. The van der Waals surface area contributed by atoms with E-state index >= 15 is 0 Å². The Morgan fingerprint density at radius 1 is 1.00 bits per heavy atom. The van der Waals surface area contributed by atoms with Crippen LogP contribution in [0.4, 0.5) is 0 Å². The zero-order valence-corrected chi connectivity index (χ0v) is 12.5. The molecule has 3 heteroatoms. The number of aromatic hydroxyl groups is 1. The molecule has 3 N–H and O–H groups in total. The van der Waals surface area contributed by atoms with Gasteiger partial charge in [0.2, 0.25) is 0 Å². The molecule has 0 spiro atoms. The maximum atomic E-state index is 10.5. The molecule has 4 bridgehead atoms. The molecule has 4 aliphatic carbocycles. The Morgan fingerprint density at radius 3 is 2.19 bits per heavy atom. The Bertz CT molecular complexity index is 500. The average Bonchev–Trinajstić information content (AvgIpc) is 2.48. The third kappa shape index (κ3) is 1.94. The van der Waals surface area contributed by atoms with Gasteiger partial charge in [0.25, 0.3) is 0 Å². The van der Waals surface area contributed by atoms with Crippen LogP contribution < -0.4 is 5.32 Å². The van der Waals surface area contributed by atoms with Crippen LogP contribution in [0.3, 0.4) is 0 Å². The third-order valence-corrected chi connectivity index (χ3v) is 6.31. The van der Waals surface area contributed by atoms with Crippen LogP contribution >= 0.6 is 0 Å². The second kappa shape index (κ2) is 4.99. The molecule has 5 rings (SSSR count). The lowest BCUT2D eigenvalue weighted by Gasteiger charge is -2.62. The molecule has 114 valence electrons. The zero-order chi connectivity index (χ0) is 14.4. The van der Waals surface area contributed by atoms with Gasteiger partial charge < -0.3 is 15.5 Å². The molecule has 0 aliphatic heterocycles. The second-order valence-corrected chi connectivity index (χ2v) is 7.34. The fourth-order valence-electron chi connectivity index (χ4n) is 5.84. The fourth-order valence-corrected chi connectivity index (χ4v) is 5.84. The number of phenols is 1. The number of aliphatic hydroxyl groups is 1. The summed E-state index contributed by atoms with van der Waals surface area (Å²) in [6.07, 6.45) is 6.53. The van der Waals surface area contributed by atoms with Gasteiger partial charge in [-0.1, -0.05) is 18.2 Å². The van der Waals surface area contributed by atoms with Gasteiger partial charge in [-0.25, -0.2) is 0 Å². The first-order chi connectivity index (χ1) is 10.2. The summed E-state index contributed by atoms with van der Waals surface area (Å²) >= 11 is 0. The summed E-state index contributed by atoms with van der Waals surface area (Å²) in [5, 5.41) is 23.5. The van der Waals surface area contributed by atoms with Crippen molar-refractivity contribution in [1.29, 1.82) is 0 Å². The van der Waals surface area contributed by atoms with E-state index in [0.717, 1.165) is 17.4 Å². The maximum Gasteiger partial charge on any atom is 0.120 e. The lowest BCUT2D eigenvalue weighted by molar-refractivity contribution is -0.0796. The van der Waals surface area contributed by atoms with Gasteiger partial charge in [-0.15, -0.1) is 0 Å². The molecule has 1 aromatic rings. The molecule has 0 aromatic heterocycles. The minimum atomic E-state index is -0.124. The molecule has 1 aromatic carbocycles. The Hall–Kier alpha value is -1.06. The molecule has 0 unspecified atom stereocenters. The molecule has 3 nitrogen and oxygen atoms in total. The molecule has 0 radical (unpaired) electrons. The smallest absolute Gasteiger partial charge is 0.120 e. The minimum absolute atomic E-state index is 0.124. The van der Waals surface area contributed by atoms with Crippen molar-refractivity contribution in [3.05, 3.63) is 29.8 Å². The Kier molecular flexibility index (Phi) is 3.23. The quantitative estimate of drug-likeness (QED) is 0.798. The van der Waals surface area contributed by atoms with Crippen LogP contribution in [-0.2, 0) is 5.54 Å². The summed E-state index contributed by atoms with van der Waals surface area (Å²) in [6.45, 7) is 0.762. The van der Waals surface area contributed by atoms with Gasteiger partial charge in [0.05, 0.1) is 12.1 Å². The number of aliphatic hydroxyl groups excluding tert-OH is 1. The van der Waals surface area contributed by atoms with Crippen molar-refractivity contribution >= 4 is 0 Å². The minimum Gasteiger partial charge on any atom is -0.508 e. The molecule has 21 heavy (non-hydrogen) atoms. The number of hydrogen-bond donors (Lipinski definition) is 3. The summed E-state index contributed by atoms with van der Waals surface area (Å²) < 4.78 is 0. The molecular weight excluding hydrogens is 262 g/mol. The standard InChI is InChI=1S/C18H25NO2/c20-6-5-19-18(16-3-1-2-4-17(16)21)14-8-12-7-13(10-14)11-15(18)9-12/h1-4,12-15,19-21H,5-11H2. The lowest BCUT2D eigenvalue weighted by atomic mass is 9.47. The van der Waals surface area contributed by atoms with Crippen molar-refractivity contribution in [3.63, 3.8) is 0 Å². The second-order valence-electron chi connectivity index (χ2n) is 7.34. The van der Waals surface area contributed by atoms with Gasteiger partial charge in [0.15, 0.2) is 0 Å². The van der Waals surface area contributed by atoms with Crippen LogP contribution in [-0.4, -0.2) is 23.4 Å². The monoisotopic (exact) mass is 287 g/mol. The van der Waals surface area contributed by atoms with Crippen LogP contribution in [0.1, 0.15) is 37.7 Å². The van der Waals surface area contributed by atoms with Crippen molar-refractivity contribution in [2.24, 2.45) is 23.7 Å². The van der Waals surface area contributed by atoms with E-state index in [4.69, 9.17) is 0 Å². The van der Waals surface area contributed by atoms with Crippen LogP contribution in [0.5, 0.6) is 5.75 Å². The van der Waals surface area contributed by atoms with E-state index in [0.29, 0.717) is 24.1 Å². The molecule has 0 saturated heterocycles. The highest BCUT2D eigenvalue weighted by Gasteiger charge is 2.58. The summed E-state index contributed by atoms with van der Waals surface area (Å²) in [5.74, 6) is 3.41. The highest BCUT2D eigenvalue weighted by atomic mass is 16.3. The molecular formula is C18H25NO2. The first kappa shape index (κ1) is 13.6. The van der Waals surface area contributed by atoms with Crippen LogP contribution in [0.2, 0.25) is 0 Å². The number of para-hydroxylation sites is 1. The normalized spacial score (nSPS) is 40.6. The number of hydrogen-bond acceptors (Lipinski definition) is 3. The SMILES string of the molecule is OCCNC1(c2ccccc2O)C2CC3CC(C2)CC1C3. The Morgan fingerprint density at radius 2 is 1.62 bits per heavy atom. The van der Waals surface area contributed by atoms with Crippen molar-refractivity contribution in [2.45, 2.75) is 37.6 Å². The van der Waals surface area contributed by atoms with Crippen LogP contribution in [0.25, 0.3) is 0 Å². The van der Waals surface area contributed by atoms with Gasteiger partial charge in [-0.3, -0.25) is 0 Å². The van der Waals surface area contributed by atoms with Crippen LogP contribution in [0, 0.1) is 23.7 Å². The van der Waals surface area contributed by atoms with E-state index < -0.39 is 0 Å². The topological polar surface area (TPSA) is 52.5 Å². The van der Waals surface area contributed by atoms with E-state index in [1.165, 1.54) is 32.1 Å². The molecule has 4 fully saturated rings.